The average Bonchev–Trinajstić information content (AvgIpc) is 2.38. The zero-order valence-corrected chi connectivity index (χ0v) is 13.7. The van der Waals surface area contributed by atoms with Gasteiger partial charge in [-0.3, -0.25) is 0 Å². The Morgan fingerprint density at radius 2 is 1.95 bits per heavy atom. The van der Waals surface area contributed by atoms with Crippen molar-refractivity contribution in [3.63, 3.8) is 0 Å². The highest BCUT2D eigenvalue weighted by molar-refractivity contribution is 5.60. The molecule has 0 heterocycles. The van der Waals surface area contributed by atoms with Crippen molar-refractivity contribution in [1.82, 2.24) is 0 Å². The van der Waals surface area contributed by atoms with Crippen LogP contribution in [0.2, 0.25) is 0 Å². The van der Waals surface area contributed by atoms with E-state index >= 15 is 0 Å². The molecule has 0 radical (unpaired) electrons. The number of rotatable bonds is 7. The highest BCUT2D eigenvalue weighted by Crippen LogP contribution is 2.35. The predicted molar refractivity (Wildman–Crippen MR) is 81.7 cm³/mol. The minimum absolute atomic E-state index is 0.0434. The largest absolute Gasteiger partial charge is 0.508 e. The van der Waals surface area contributed by atoms with Gasteiger partial charge < -0.3 is 9.47 Å². The fourth-order valence-electron chi connectivity index (χ4n) is 3.09. The summed E-state index contributed by atoms with van der Waals surface area (Å²) in [5.74, 6) is 1.69. The van der Waals surface area contributed by atoms with Gasteiger partial charge in [0.2, 0.25) is 0 Å². The Bertz CT molecular complexity index is 275. The molecule has 0 saturated heterocycles. The summed E-state index contributed by atoms with van der Waals surface area (Å²) >= 11 is 0. The molecule has 0 spiro atoms. The van der Waals surface area contributed by atoms with Crippen molar-refractivity contribution in [2.45, 2.75) is 78.7 Å². The minimum atomic E-state index is -0.466. The molecule has 0 unspecified atom stereocenters. The van der Waals surface area contributed by atoms with Crippen molar-refractivity contribution in [3.8, 4) is 0 Å². The lowest BCUT2D eigenvalue weighted by molar-refractivity contribution is -0.0321. The summed E-state index contributed by atoms with van der Waals surface area (Å²) in [6.07, 6.45) is 7.42. The van der Waals surface area contributed by atoms with E-state index in [-0.39, 0.29) is 6.10 Å². The Hall–Kier alpha value is -0.730. The summed E-state index contributed by atoms with van der Waals surface area (Å²) in [5, 5.41) is 0. The molecule has 20 heavy (non-hydrogen) atoms. The van der Waals surface area contributed by atoms with Crippen molar-refractivity contribution < 1.29 is 14.3 Å². The van der Waals surface area contributed by atoms with E-state index in [1.807, 2.05) is 0 Å². The summed E-state index contributed by atoms with van der Waals surface area (Å²) in [6, 6.07) is 0. The van der Waals surface area contributed by atoms with Crippen molar-refractivity contribution in [2.75, 3.05) is 6.61 Å². The number of carbonyl (C=O) groups is 1. The molecular weight excluding hydrogens is 252 g/mol. The lowest BCUT2D eigenvalue weighted by Gasteiger charge is -2.36. The fourth-order valence-corrected chi connectivity index (χ4v) is 3.09. The summed E-state index contributed by atoms with van der Waals surface area (Å²) < 4.78 is 10.8. The van der Waals surface area contributed by atoms with E-state index in [0.29, 0.717) is 24.4 Å². The summed E-state index contributed by atoms with van der Waals surface area (Å²) in [5.41, 5.74) is 0. The van der Waals surface area contributed by atoms with Crippen LogP contribution in [0.25, 0.3) is 0 Å². The van der Waals surface area contributed by atoms with Crippen LogP contribution < -0.4 is 0 Å². The van der Waals surface area contributed by atoms with Crippen molar-refractivity contribution in [2.24, 2.45) is 17.8 Å². The number of hydrogen-bond donors (Lipinski definition) is 0. The standard InChI is InChI=1S/C17H32O3/c1-5-6-7-8-11-19-17(18)20-16-12-14(4)9-10-15(16)13(2)3/h13-16H,5-12H2,1-4H3/t14-,15+,16-/m1/s1. The van der Waals surface area contributed by atoms with Gasteiger partial charge in [0.25, 0.3) is 0 Å². The van der Waals surface area contributed by atoms with Crippen molar-refractivity contribution >= 4 is 6.16 Å². The first-order valence-electron chi connectivity index (χ1n) is 8.38. The van der Waals surface area contributed by atoms with Crippen molar-refractivity contribution in [3.05, 3.63) is 0 Å². The summed E-state index contributed by atoms with van der Waals surface area (Å²) in [4.78, 5) is 11.8. The van der Waals surface area contributed by atoms with E-state index in [1.54, 1.807) is 0 Å². The molecule has 3 heteroatoms. The highest BCUT2D eigenvalue weighted by atomic mass is 16.7. The third kappa shape index (κ3) is 6.15. The van der Waals surface area contributed by atoms with Gasteiger partial charge in [-0.05, 0) is 37.0 Å². The van der Waals surface area contributed by atoms with Gasteiger partial charge in [0, 0.05) is 0 Å². The predicted octanol–water partition coefficient (Wildman–Crippen LogP) is 5.18. The van der Waals surface area contributed by atoms with E-state index < -0.39 is 6.16 Å². The van der Waals surface area contributed by atoms with Crippen LogP contribution in [-0.4, -0.2) is 18.9 Å². The molecule has 1 saturated carbocycles. The number of hydrogen-bond acceptors (Lipinski definition) is 3. The lowest BCUT2D eigenvalue weighted by atomic mass is 9.75. The number of ether oxygens (including phenoxy) is 2. The summed E-state index contributed by atoms with van der Waals surface area (Å²) in [6.45, 7) is 9.34. The maximum atomic E-state index is 11.8. The molecule has 3 nitrogen and oxygen atoms in total. The SMILES string of the molecule is CCCCCCOC(=O)O[C@@H]1C[C@H](C)CC[C@H]1C(C)C. The molecule has 118 valence electrons. The zero-order valence-electron chi connectivity index (χ0n) is 13.7. The van der Waals surface area contributed by atoms with Gasteiger partial charge >= 0.3 is 6.16 Å². The molecular formula is C17H32O3. The van der Waals surface area contributed by atoms with Crippen LogP contribution in [0.1, 0.15) is 72.6 Å². The zero-order chi connectivity index (χ0) is 15.0. The molecule has 0 aromatic heterocycles. The van der Waals surface area contributed by atoms with Crippen LogP contribution in [-0.2, 0) is 9.47 Å². The second-order valence-corrected chi connectivity index (χ2v) is 6.64. The second kappa shape index (κ2) is 9.25. The third-order valence-corrected chi connectivity index (χ3v) is 4.43. The lowest BCUT2D eigenvalue weighted by Crippen LogP contribution is -2.36. The fraction of sp³-hybridized carbons (Fsp3) is 0.941. The van der Waals surface area contributed by atoms with Crippen LogP contribution in [0.3, 0.4) is 0 Å². The molecule has 0 aromatic carbocycles. The molecule has 1 rings (SSSR count). The third-order valence-electron chi connectivity index (χ3n) is 4.43. The van der Waals surface area contributed by atoms with E-state index in [2.05, 4.69) is 27.7 Å². The summed E-state index contributed by atoms with van der Waals surface area (Å²) in [7, 11) is 0. The van der Waals surface area contributed by atoms with E-state index in [0.717, 1.165) is 25.7 Å². The van der Waals surface area contributed by atoms with E-state index in [4.69, 9.17) is 9.47 Å². The Balaban J connectivity index is 2.30. The van der Waals surface area contributed by atoms with Gasteiger partial charge in [-0.25, -0.2) is 4.79 Å². The van der Waals surface area contributed by atoms with Crippen LogP contribution >= 0.6 is 0 Å². The van der Waals surface area contributed by atoms with E-state index in [9.17, 15) is 4.79 Å². The highest BCUT2D eigenvalue weighted by Gasteiger charge is 2.33. The smallest absolute Gasteiger partial charge is 0.434 e. The first kappa shape index (κ1) is 17.3. The quantitative estimate of drug-likeness (QED) is 0.477. The average molecular weight is 284 g/mol. The number of carbonyl (C=O) groups excluding carboxylic acids is 1. The van der Waals surface area contributed by atoms with Gasteiger partial charge in [0.05, 0.1) is 6.61 Å². The van der Waals surface area contributed by atoms with Gasteiger partial charge in [0.1, 0.15) is 6.10 Å². The van der Waals surface area contributed by atoms with Crippen LogP contribution in [0.15, 0.2) is 0 Å². The molecule has 0 amide bonds. The Morgan fingerprint density at radius 3 is 2.60 bits per heavy atom. The minimum Gasteiger partial charge on any atom is -0.434 e. The van der Waals surface area contributed by atoms with Crippen molar-refractivity contribution in [1.29, 1.82) is 0 Å². The number of unbranched alkanes of at least 4 members (excludes halogenated alkanes) is 3. The second-order valence-electron chi connectivity index (χ2n) is 6.64. The first-order chi connectivity index (χ1) is 9.54. The molecule has 0 aromatic rings. The van der Waals surface area contributed by atoms with Crippen LogP contribution in [0, 0.1) is 17.8 Å². The molecule has 3 atom stereocenters. The van der Waals surface area contributed by atoms with Gasteiger partial charge in [-0.2, -0.15) is 0 Å². The Morgan fingerprint density at radius 1 is 1.20 bits per heavy atom. The Labute approximate surface area is 124 Å². The molecule has 1 aliphatic rings. The molecule has 0 aliphatic heterocycles. The molecule has 0 bridgehead atoms. The Kier molecular flexibility index (Phi) is 8.01. The molecule has 1 fully saturated rings. The van der Waals surface area contributed by atoms with Crippen LogP contribution in [0.5, 0.6) is 0 Å². The first-order valence-corrected chi connectivity index (χ1v) is 8.38. The van der Waals surface area contributed by atoms with Crippen LogP contribution in [0.4, 0.5) is 4.79 Å². The molecule has 0 N–H and O–H groups in total. The maximum absolute atomic E-state index is 11.8. The van der Waals surface area contributed by atoms with Gasteiger partial charge in [-0.1, -0.05) is 53.4 Å². The topological polar surface area (TPSA) is 35.5 Å². The van der Waals surface area contributed by atoms with Gasteiger partial charge in [0.15, 0.2) is 0 Å². The normalized spacial score (nSPS) is 26.6. The monoisotopic (exact) mass is 284 g/mol. The van der Waals surface area contributed by atoms with E-state index in [1.165, 1.54) is 19.3 Å². The van der Waals surface area contributed by atoms with Gasteiger partial charge in [-0.15, -0.1) is 0 Å². The maximum Gasteiger partial charge on any atom is 0.508 e. The molecule has 1 aliphatic carbocycles.